The van der Waals surface area contributed by atoms with Crippen LogP contribution in [0.3, 0.4) is 0 Å². The van der Waals surface area contributed by atoms with Crippen molar-refractivity contribution in [3.05, 3.63) is 16.3 Å². The maximum absolute atomic E-state index is 12.4. The summed E-state index contributed by atoms with van der Waals surface area (Å²) in [6, 6.07) is 0. The van der Waals surface area contributed by atoms with E-state index < -0.39 is 11.0 Å². The quantitative estimate of drug-likeness (QED) is 0.717. The highest BCUT2D eigenvalue weighted by Crippen LogP contribution is 2.39. The third-order valence-corrected chi connectivity index (χ3v) is 7.33. The van der Waals surface area contributed by atoms with Crippen molar-refractivity contribution in [3.8, 4) is 0 Å². The van der Waals surface area contributed by atoms with Crippen LogP contribution in [0.2, 0.25) is 0 Å². The highest BCUT2D eigenvalue weighted by Gasteiger charge is 2.45. The van der Waals surface area contributed by atoms with Crippen LogP contribution in [0.25, 0.3) is 10.2 Å². The first-order chi connectivity index (χ1) is 13.6. The lowest BCUT2D eigenvalue weighted by molar-refractivity contribution is -0.153. The number of ether oxygens (including phenoxy) is 2. The number of nitrogens with one attached hydrogen (secondary N) is 1. The zero-order valence-corrected chi connectivity index (χ0v) is 19.3. The summed E-state index contributed by atoms with van der Waals surface area (Å²) in [7, 11) is 1.43. The highest BCUT2D eigenvalue weighted by molar-refractivity contribution is 7.18. The highest BCUT2D eigenvalue weighted by atomic mass is 32.1. The van der Waals surface area contributed by atoms with Gasteiger partial charge in [0.1, 0.15) is 16.5 Å². The fourth-order valence-electron chi connectivity index (χ4n) is 3.38. The number of carbonyl (C=O) groups is 1. The summed E-state index contributed by atoms with van der Waals surface area (Å²) in [6.45, 7) is 15.9. The van der Waals surface area contributed by atoms with E-state index in [1.54, 1.807) is 11.3 Å². The Labute approximate surface area is 176 Å². The third-order valence-electron chi connectivity index (χ3n) is 6.23. The van der Waals surface area contributed by atoms with Crippen molar-refractivity contribution >= 4 is 33.3 Å². The Balaban J connectivity index is 2.01. The van der Waals surface area contributed by atoms with Crippen molar-refractivity contribution in [1.82, 2.24) is 14.9 Å². The first-order valence-corrected chi connectivity index (χ1v) is 10.8. The van der Waals surface area contributed by atoms with Gasteiger partial charge in [-0.2, -0.15) is 0 Å². The van der Waals surface area contributed by atoms with Gasteiger partial charge in [0.25, 0.3) is 0 Å². The summed E-state index contributed by atoms with van der Waals surface area (Å²) in [4.78, 5) is 26.7. The number of aryl methyl sites for hydroxylation is 2. The Bertz CT molecular complexity index is 901. The second-order valence-electron chi connectivity index (χ2n) is 8.71. The van der Waals surface area contributed by atoms with E-state index in [1.165, 1.54) is 17.6 Å². The van der Waals surface area contributed by atoms with E-state index in [0.717, 1.165) is 48.2 Å². The zero-order chi connectivity index (χ0) is 21.4. The number of anilines is 1. The third kappa shape index (κ3) is 4.25. The molecular formula is C21H32N4O3S. The molecule has 8 heteroatoms. The lowest BCUT2D eigenvalue weighted by Crippen LogP contribution is -2.51. The number of methoxy groups -OCH3 is 1. The molecule has 0 amide bonds. The monoisotopic (exact) mass is 420 g/mol. The van der Waals surface area contributed by atoms with Gasteiger partial charge in [-0.05, 0) is 47.1 Å². The van der Waals surface area contributed by atoms with E-state index in [1.807, 2.05) is 27.7 Å². The lowest BCUT2D eigenvalue weighted by atomic mass is 9.74. The molecule has 160 valence electrons. The van der Waals surface area contributed by atoms with Gasteiger partial charge in [-0.15, -0.1) is 11.3 Å². The maximum atomic E-state index is 12.4. The van der Waals surface area contributed by atoms with E-state index in [9.17, 15) is 4.79 Å². The molecule has 0 bridgehead atoms. The molecule has 2 aromatic heterocycles. The van der Waals surface area contributed by atoms with Crippen LogP contribution < -0.4 is 5.32 Å². The SMILES string of the molecule is COC(=O)C(C)(C)C(C)(C)Nc1nc(CN2CCOCC2)nc2sc(C)c(C)c12. The van der Waals surface area contributed by atoms with Crippen molar-refractivity contribution in [1.29, 1.82) is 0 Å². The first kappa shape index (κ1) is 21.9. The lowest BCUT2D eigenvalue weighted by Gasteiger charge is -2.40. The molecule has 0 atom stereocenters. The molecule has 1 aliphatic heterocycles. The minimum atomic E-state index is -0.748. The summed E-state index contributed by atoms with van der Waals surface area (Å²) in [5, 5.41) is 4.59. The van der Waals surface area contributed by atoms with Crippen LogP contribution in [-0.2, 0) is 20.8 Å². The first-order valence-electron chi connectivity index (χ1n) is 10.00. The molecule has 1 aliphatic rings. The molecule has 7 nitrogen and oxygen atoms in total. The van der Waals surface area contributed by atoms with E-state index in [2.05, 4.69) is 24.1 Å². The van der Waals surface area contributed by atoms with Crippen molar-refractivity contribution in [3.63, 3.8) is 0 Å². The summed E-state index contributed by atoms with van der Waals surface area (Å²) < 4.78 is 10.5. The van der Waals surface area contributed by atoms with Gasteiger partial charge in [-0.3, -0.25) is 9.69 Å². The standard InChI is InChI=1S/C21H32N4O3S/c1-13-14(2)29-18-16(13)17(24-21(5,6)20(3,4)19(26)27-7)22-15(23-18)12-25-8-10-28-11-9-25/h8-12H2,1-7H3,(H,22,23,24). The summed E-state index contributed by atoms with van der Waals surface area (Å²) in [5.74, 6) is 1.31. The summed E-state index contributed by atoms with van der Waals surface area (Å²) in [6.07, 6.45) is 0. The van der Waals surface area contributed by atoms with Gasteiger partial charge < -0.3 is 14.8 Å². The zero-order valence-electron chi connectivity index (χ0n) is 18.5. The molecule has 0 unspecified atom stereocenters. The smallest absolute Gasteiger partial charge is 0.313 e. The van der Waals surface area contributed by atoms with Crippen molar-refractivity contribution in [2.45, 2.75) is 53.6 Å². The Hall–Kier alpha value is -1.77. The van der Waals surface area contributed by atoms with Gasteiger partial charge in [0.05, 0.1) is 37.7 Å². The predicted molar refractivity (Wildman–Crippen MR) is 116 cm³/mol. The second kappa shape index (κ2) is 8.16. The van der Waals surface area contributed by atoms with Gasteiger partial charge >= 0.3 is 5.97 Å². The van der Waals surface area contributed by atoms with Crippen LogP contribution in [-0.4, -0.2) is 59.8 Å². The van der Waals surface area contributed by atoms with Crippen LogP contribution in [0.4, 0.5) is 5.82 Å². The Morgan fingerprint density at radius 1 is 1.21 bits per heavy atom. The van der Waals surface area contributed by atoms with Gasteiger partial charge in [0.2, 0.25) is 0 Å². The molecular weight excluding hydrogens is 388 g/mol. The fourth-order valence-corrected chi connectivity index (χ4v) is 4.42. The molecule has 2 aromatic rings. The number of hydrogen-bond acceptors (Lipinski definition) is 8. The Morgan fingerprint density at radius 2 is 1.86 bits per heavy atom. The predicted octanol–water partition coefficient (Wildman–Crippen LogP) is 3.53. The van der Waals surface area contributed by atoms with Crippen LogP contribution >= 0.6 is 11.3 Å². The van der Waals surface area contributed by atoms with E-state index >= 15 is 0 Å². The molecule has 29 heavy (non-hydrogen) atoms. The molecule has 0 spiro atoms. The molecule has 3 rings (SSSR count). The molecule has 0 radical (unpaired) electrons. The number of esters is 1. The van der Waals surface area contributed by atoms with Gasteiger partial charge in [-0.25, -0.2) is 9.97 Å². The second-order valence-corrected chi connectivity index (χ2v) is 9.91. The van der Waals surface area contributed by atoms with Crippen LogP contribution in [0.5, 0.6) is 0 Å². The number of nitrogens with zero attached hydrogens (tertiary/aromatic N) is 3. The van der Waals surface area contributed by atoms with Gasteiger partial charge in [0, 0.05) is 23.5 Å². The normalized spacial score (nSPS) is 16.2. The van der Waals surface area contributed by atoms with Crippen molar-refractivity contribution in [2.24, 2.45) is 5.41 Å². The molecule has 0 saturated carbocycles. The molecule has 0 aliphatic carbocycles. The van der Waals surface area contributed by atoms with Gasteiger partial charge in [0.15, 0.2) is 0 Å². The maximum Gasteiger partial charge on any atom is 0.313 e. The summed E-state index contributed by atoms with van der Waals surface area (Å²) in [5.41, 5.74) is -0.153. The number of aromatic nitrogens is 2. The number of thiophene rings is 1. The molecule has 0 aromatic carbocycles. The largest absolute Gasteiger partial charge is 0.469 e. The van der Waals surface area contributed by atoms with Gasteiger partial charge in [-0.1, -0.05) is 0 Å². The Morgan fingerprint density at radius 3 is 2.48 bits per heavy atom. The van der Waals surface area contributed by atoms with Crippen LogP contribution in [0.1, 0.15) is 44.0 Å². The summed E-state index contributed by atoms with van der Waals surface area (Å²) >= 11 is 1.69. The van der Waals surface area contributed by atoms with E-state index in [4.69, 9.17) is 19.4 Å². The molecule has 1 saturated heterocycles. The Kier molecular flexibility index (Phi) is 6.17. The van der Waals surface area contributed by atoms with Crippen molar-refractivity contribution < 1.29 is 14.3 Å². The number of morpholine rings is 1. The minimum absolute atomic E-state index is 0.257. The number of fused-ring (bicyclic) bond motifs is 1. The van der Waals surface area contributed by atoms with E-state index in [0.29, 0.717) is 6.54 Å². The molecule has 1 fully saturated rings. The number of hydrogen-bond donors (Lipinski definition) is 1. The average Bonchev–Trinajstić information content (AvgIpc) is 2.95. The average molecular weight is 421 g/mol. The fraction of sp³-hybridized carbons (Fsp3) is 0.667. The van der Waals surface area contributed by atoms with Crippen LogP contribution in [0.15, 0.2) is 0 Å². The number of rotatable bonds is 6. The molecule has 1 N–H and O–H groups in total. The number of carbonyl (C=O) groups excluding carboxylic acids is 1. The molecule has 3 heterocycles. The van der Waals surface area contributed by atoms with Crippen molar-refractivity contribution in [2.75, 3.05) is 38.7 Å². The topological polar surface area (TPSA) is 76.6 Å². The minimum Gasteiger partial charge on any atom is -0.469 e. The van der Waals surface area contributed by atoms with Crippen LogP contribution in [0, 0.1) is 19.3 Å². The van der Waals surface area contributed by atoms with E-state index in [-0.39, 0.29) is 5.97 Å².